The summed E-state index contributed by atoms with van der Waals surface area (Å²) in [5, 5.41) is 3.43. The summed E-state index contributed by atoms with van der Waals surface area (Å²) in [6, 6.07) is 12.2. The number of nitrogens with one attached hydrogen (secondary N) is 1. The first kappa shape index (κ1) is 18.6. The van der Waals surface area contributed by atoms with E-state index in [-0.39, 0.29) is 30.0 Å². The van der Waals surface area contributed by atoms with Gasteiger partial charge in [0.2, 0.25) is 11.8 Å². The Morgan fingerprint density at radius 3 is 2.82 bits per heavy atom. The van der Waals surface area contributed by atoms with Gasteiger partial charge >= 0.3 is 0 Å². The largest absolute Gasteiger partial charge is 0.342 e. The second-order valence-electron chi connectivity index (χ2n) is 7.05. The molecular formula is C21H20FN3O2S. The van der Waals surface area contributed by atoms with Crippen molar-refractivity contribution >= 4 is 38.5 Å². The second-order valence-corrected chi connectivity index (χ2v) is 8.08. The van der Waals surface area contributed by atoms with Crippen LogP contribution in [0.1, 0.15) is 17.5 Å². The Balaban J connectivity index is 1.36. The van der Waals surface area contributed by atoms with Crippen LogP contribution < -0.4 is 5.32 Å². The van der Waals surface area contributed by atoms with E-state index in [0.29, 0.717) is 24.6 Å². The summed E-state index contributed by atoms with van der Waals surface area (Å²) < 4.78 is 14.0. The van der Waals surface area contributed by atoms with E-state index in [1.807, 2.05) is 25.1 Å². The van der Waals surface area contributed by atoms with Crippen LogP contribution >= 0.6 is 11.3 Å². The van der Waals surface area contributed by atoms with Crippen molar-refractivity contribution in [2.75, 3.05) is 18.4 Å². The number of amides is 2. The number of para-hydroxylation sites is 1. The molecule has 0 saturated carbocycles. The van der Waals surface area contributed by atoms with Gasteiger partial charge in [-0.3, -0.25) is 9.59 Å². The average molecular weight is 397 g/mol. The molecule has 0 aliphatic carbocycles. The zero-order valence-corrected chi connectivity index (χ0v) is 16.3. The molecule has 0 spiro atoms. The van der Waals surface area contributed by atoms with Crippen molar-refractivity contribution in [3.63, 3.8) is 0 Å². The van der Waals surface area contributed by atoms with E-state index in [9.17, 15) is 14.0 Å². The summed E-state index contributed by atoms with van der Waals surface area (Å²) in [5.74, 6) is -0.853. The third-order valence-corrected chi connectivity index (χ3v) is 5.96. The molecule has 1 atom stereocenters. The molecule has 1 N–H and O–H groups in total. The van der Waals surface area contributed by atoms with Gasteiger partial charge in [-0.2, -0.15) is 0 Å². The van der Waals surface area contributed by atoms with E-state index in [1.54, 1.807) is 17.0 Å². The second kappa shape index (κ2) is 7.67. The Bertz CT molecular complexity index is 1030. The number of carbonyl (C=O) groups excluding carboxylic acids is 2. The van der Waals surface area contributed by atoms with Crippen molar-refractivity contribution in [1.29, 1.82) is 0 Å². The number of thiazole rings is 1. The minimum atomic E-state index is -0.381. The number of likely N-dealkylation sites (tertiary alicyclic amines) is 1. The molecule has 1 aliphatic rings. The Labute approximate surface area is 166 Å². The maximum absolute atomic E-state index is 13.0. The fourth-order valence-corrected chi connectivity index (χ4v) is 4.37. The lowest BCUT2D eigenvalue weighted by atomic mass is 10.1. The van der Waals surface area contributed by atoms with Crippen LogP contribution in [0.5, 0.6) is 0 Å². The highest BCUT2D eigenvalue weighted by Gasteiger charge is 2.34. The molecule has 0 unspecified atom stereocenters. The van der Waals surface area contributed by atoms with Gasteiger partial charge in [0.15, 0.2) is 5.13 Å². The van der Waals surface area contributed by atoms with Gasteiger partial charge in [-0.25, -0.2) is 9.37 Å². The molecule has 4 rings (SSSR count). The third kappa shape index (κ3) is 3.89. The number of halogens is 1. The number of fused-ring (bicyclic) bond motifs is 1. The van der Waals surface area contributed by atoms with Crippen LogP contribution in [-0.4, -0.2) is 34.8 Å². The Kier molecular flexibility index (Phi) is 5.09. The summed E-state index contributed by atoms with van der Waals surface area (Å²) in [7, 11) is 0. The lowest BCUT2D eigenvalue weighted by Crippen LogP contribution is -2.30. The minimum absolute atomic E-state index is 0.0255. The van der Waals surface area contributed by atoms with E-state index >= 15 is 0 Å². The first-order valence-corrected chi connectivity index (χ1v) is 10.0. The van der Waals surface area contributed by atoms with Crippen LogP contribution in [-0.2, 0) is 16.0 Å². The van der Waals surface area contributed by atoms with Crippen LogP contribution in [0.15, 0.2) is 42.5 Å². The van der Waals surface area contributed by atoms with Crippen molar-refractivity contribution in [1.82, 2.24) is 9.88 Å². The highest BCUT2D eigenvalue weighted by molar-refractivity contribution is 7.22. The topological polar surface area (TPSA) is 62.3 Å². The SMILES string of the molecule is Cc1cccc2sc(NC(=O)[C@H]3CC(=O)N(CCc4ccc(F)cc4)C3)nc12. The van der Waals surface area contributed by atoms with E-state index in [0.717, 1.165) is 21.3 Å². The molecule has 1 saturated heterocycles. The van der Waals surface area contributed by atoms with Crippen LogP contribution in [0, 0.1) is 18.7 Å². The highest BCUT2D eigenvalue weighted by atomic mass is 32.1. The first-order valence-electron chi connectivity index (χ1n) is 9.19. The smallest absolute Gasteiger partial charge is 0.231 e. The van der Waals surface area contributed by atoms with Crippen molar-refractivity contribution in [2.24, 2.45) is 5.92 Å². The van der Waals surface area contributed by atoms with Crippen LogP contribution in [0.4, 0.5) is 9.52 Å². The third-order valence-electron chi connectivity index (χ3n) is 5.02. The Morgan fingerprint density at radius 2 is 2.07 bits per heavy atom. The maximum atomic E-state index is 13.0. The van der Waals surface area contributed by atoms with Crippen molar-refractivity contribution in [2.45, 2.75) is 19.8 Å². The average Bonchev–Trinajstić information content (AvgIpc) is 3.25. The zero-order chi connectivity index (χ0) is 19.7. The number of aryl methyl sites for hydroxylation is 1. The van der Waals surface area contributed by atoms with Gasteiger partial charge in [-0.05, 0) is 42.7 Å². The monoisotopic (exact) mass is 397 g/mol. The van der Waals surface area contributed by atoms with Gasteiger partial charge < -0.3 is 10.2 Å². The molecule has 2 amide bonds. The minimum Gasteiger partial charge on any atom is -0.342 e. The predicted octanol–water partition coefficient (Wildman–Crippen LogP) is 3.77. The van der Waals surface area contributed by atoms with Crippen molar-refractivity contribution in [3.8, 4) is 0 Å². The maximum Gasteiger partial charge on any atom is 0.231 e. The van der Waals surface area contributed by atoms with Gasteiger partial charge in [-0.1, -0.05) is 35.6 Å². The molecule has 1 fully saturated rings. The standard InChI is InChI=1S/C21H20FN3O2S/c1-13-3-2-4-17-19(13)23-21(28-17)24-20(27)15-11-18(26)25(12-15)10-9-14-5-7-16(22)8-6-14/h2-8,15H,9-12H2,1H3,(H,23,24,27)/t15-/m0/s1. The normalized spacial score (nSPS) is 16.7. The van der Waals surface area contributed by atoms with Gasteiger partial charge in [0.05, 0.1) is 16.1 Å². The quantitative estimate of drug-likeness (QED) is 0.713. The highest BCUT2D eigenvalue weighted by Crippen LogP contribution is 2.29. The van der Waals surface area contributed by atoms with E-state index in [1.165, 1.54) is 23.5 Å². The number of nitrogens with zero attached hydrogens (tertiary/aromatic N) is 2. The lowest BCUT2D eigenvalue weighted by molar-refractivity contribution is -0.128. The summed E-state index contributed by atoms with van der Waals surface area (Å²) >= 11 is 1.44. The van der Waals surface area contributed by atoms with E-state index in [4.69, 9.17) is 0 Å². The van der Waals surface area contributed by atoms with Crippen LogP contribution in [0.25, 0.3) is 10.2 Å². The van der Waals surface area contributed by atoms with Gasteiger partial charge in [0.25, 0.3) is 0 Å². The Hall–Kier alpha value is -2.80. The number of carbonyl (C=O) groups is 2. The molecule has 2 heterocycles. The summed E-state index contributed by atoms with van der Waals surface area (Å²) in [6.07, 6.45) is 0.844. The fraction of sp³-hybridized carbons (Fsp3) is 0.286. The van der Waals surface area contributed by atoms with Crippen LogP contribution in [0.2, 0.25) is 0 Å². The van der Waals surface area contributed by atoms with E-state index < -0.39 is 0 Å². The molecule has 2 aromatic carbocycles. The molecule has 5 nitrogen and oxygen atoms in total. The summed E-state index contributed by atoms with van der Waals surface area (Å²) in [4.78, 5) is 31.1. The number of aromatic nitrogens is 1. The number of rotatable bonds is 5. The lowest BCUT2D eigenvalue weighted by Gasteiger charge is -2.16. The Morgan fingerprint density at radius 1 is 1.29 bits per heavy atom. The molecular weight excluding hydrogens is 377 g/mol. The molecule has 1 aromatic heterocycles. The summed E-state index contributed by atoms with van der Waals surface area (Å²) in [6.45, 7) is 2.91. The first-order chi connectivity index (χ1) is 13.5. The number of hydrogen-bond donors (Lipinski definition) is 1. The molecule has 144 valence electrons. The van der Waals surface area contributed by atoms with Crippen molar-refractivity contribution < 1.29 is 14.0 Å². The van der Waals surface area contributed by atoms with Gasteiger partial charge in [0.1, 0.15) is 5.82 Å². The molecule has 1 aliphatic heterocycles. The number of benzene rings is 2. The van der Waals surface area contributed by atoms with Gasteiger partial charge in [-0.15, -0.1) is 0 Å². The molecule has 28 heavy (non-hydrogen) atoms. The number of hydrogen-bond acceptors (Lipinski definition) is 4. The fourth-order valence-electron chi connectivity index (χ4n) is 3.43. The zero-order valence-electron chi connectivity index (χ0n) is 15.4. The molecule has 0 bridgehead atoms. The summed E-state index contributed by atoms with van der Waals surface area (Å²) in [5.41, 5.74) is 2.93. The van der Waals surface area contributed by atoms with Crippen molar-refractivity contribution in [3.05, 3.63) is 59.4 Å². The molecule has 3 aromatic rings. The number of anilines is 1. The molecule has 0 radical (unpaired) electrons. The van der Waals surface area contributed by atoms with Crippen LogP contribution in [0.3, 0.4) is 0 Å². The molecule has 7 heteroatoms. The van der Waals surface area contributed by atoms with Gasteiger partial charge in [0, 0.05) is 19.5 Å². The van der Waals surface area contributed by atoms with E-state index in [2.05, 4.69) is 10.3 Å². The predicted molar refractivity (Wildman–Crippen MR) is 108 cm³/mol.